The zero-order valence-corrected chi connectivity index (χ0v) is 6.66. The summed E-state index contributed by atoms with van der Waals surface area (Å²) in [7, 11) is 0. The molecular weight excluding hydrogens is 144 g/mol. The first-order valence-electron chi connectivity index (χ1n) is 3.83. The standard InChI is InChI=1S/C7H14N2O2/c1-5(10)7(11)9-3-2-6(8)4-9/h5-6,10H,2-4,8H2,1H3/t5-,6?/m1/s1. The maximum atomic E-state index is 11.1. The molecule has 4 heteroatoms. The third-order valence-corrected chi connectivity index (χ3v) is 1.89. The van der Waals surface area contributed by atoms with Crippen LogP contribution in [0.2, 0.25) is 0 Å². The minimum absolute atomic E-state index is 0.0951. The van der Waals surface area contributed by atoms with Gasteiger partial charge in [0.2, 0.25) is 0 Å². The summed E-state index contributed by atoms with van der Waals surface area (Å²) in [6, 6.07) is 0.0951. The molecule has 0 bridgehead atoms. The molecule has 1 heterocycles. The van der Waals surface area contributed by atoms with E-state index in [-0.39, 0.29) is 11.9 Å². The lowest BCUT2D eigenvalue weighted by atomic mass is 10.3. The Balaban J connectivity index is 2.43. The lowest BCUT2D eigenvalue weighted by Crippen LogP contribution is -2.37. The number of hydrogen-bond acceptors (Lipinski definition) is 3. The molecule has 0 saturated carbocycles. The van der Waals surface area contributed by atoms with Gasteiger partial charge in [0.15, 0.2) is 0 Å². The smallest absolute Gasteiger partial charge is 0.251 e. The SMILES string of the molecule is C[C@@H](O)C(=O)N1CCC(N)C1. The Labute approximate surface area is 66.0 Å². The highest BCUT2D eigenvalue weighted by Crippen LogP contribution is 2.07. The van der Waals surface area contributed by atoms with Crippen molar-refractivity contribution in [1.29, 1.82) is 0 Å². The predicted octanol–water partition coefficient (Wildman–Crippen LogP) is -1.07. The highest BCUT2D eigenvalue weighted by Gasteiger charge is 2.25. The van der Waals surface area contributed by atoms with Gasteiger partial charge in [-0.25, -0.2) is 0 Å². The van der Waals surface area contributed by atoms with Gasteiger partial charge in [-0.05, 0) is 13.3 Å². The topological polar surface area (TPSA) is 66.6 Å². The van der Waals surface area contributed by atoms with Crippen LogP contribution in [0.3, 0.4) is 0 Å². The van der Waals surface area contributed by atoms with E-state index in [0.29, 0.717) is 13.1 Å². The molecule has 4 nitrogen and oxygen atoms in total. The van der Waals surface area contributed by atoms with E-state index in [9.17, 15) is 4.79 Å². The Morgan fingerprint density at radius 2 is 2.45 bits per heavy atom. The Kier molecular flexibility index (Phi) is 2.46. The van der Waals surface area contributed by atoms with E-state index in [4.69, 9.17) is 10.8 Å². The number of likely N-dealkylation sites (tertiary alicyclic amines) is 1. The molecule has 0 aromatic carbocycles. The van der Waals surface area contributed by atoms with Gasteiger partial charge in [0, 0.05) is 19.1 Å². The molecule has 1 amide bonds. The molecule has 1 unspecified atom stereocenters. The maximum Gasteiger partial charge on any atom is 0.251 e. The normalized spacial score (nSPS) is 27.2. The summed E-state index contributed by atoms with van der Waals surface area (Å²) in [5.41, 5.74) is 5.59. The Morgan fingerprint density at radius 1 is 1.82 bits per heavy atom. The van der Waals surface area contributed by atoms with E-state index in [1.807, 2.05) is 0 Å². The van der Waals surface area contributed by atoms with Gasteiger partial charge < -0.3 is 15.7 Å². The van der Waals surface area contributed by atoms with Crippen LogP contribution in [-0.2, 0) is 4.79 Å². The van der Waals surface area contributed by atoms with Gasteiger partial charge >= 0.3 is 0 Å². The molecule has 3 N–H and O–H groups in total. The highest BCUT2D eigenvalue weighted by molar-refractivity contribution is 5.80. The summed E-state index contributed by atoms with van der Waals surface area (Å²) < 4.78 is 0. The average Bonchev–Trinajstić information content (AvgIpc) is 2.34. The molecule has 11 heavy (non-hydrogen) atoms. The zero-order chi connectivity index (χ0) is 8.43. The van der Waals surface area contributed by atoms with E-state index in [1.165, 1.54) is 6.92 Å². The number of carbonyl (C=O) groups excluding carboxylic acids is 1. The van der Waals surface area contributed by atoms with Gasteiger partial charge in [-0.2, -0.15) is 0 Å². The summed E-state index contributed by atoms with van der Waals surface area (Å²) in [5, 5.41) is 8.94. The largest absolute Gasteiger partial charge is 0.384 e. The van der Waals surface area contributed by atoms with Crippen molar-refractivity contribution in [2.75, 3.05) is 13.1 Å². The number of aliphatic hydroxyl groups is 1. The van der Waals surface area contributed by atoms with Crippen LogP contribution in [-0.4, -0.2) is 41.1 Å². The second-order valence-corrected chi connectivity index (χ2v) is 3.01. The number of nitrogens with zero attached hydrogens (tertiary/aromatic N) is 1. The molecule has 1 fully saturated rings. The van der Waals surface area contributed by atoms with Crippen LogP contribution < -0.4 is 5.73 Å². The number of nitrogens with two attached hydrogens (primary N) is 1. The van der Waals surface area contributed by atoms with E-state index in [0.717, 1.165) is 6.42 Å². The predicted molar refractivity (Wildman–Crippen MR) is 40.9 cm³/mol. The number of amides is 1. The second kappa shape index (κ2) is 3.19. The number of rotatable bonds is 1. The minimum atomic E-state index is -0.889. The van der Waals surface area contributed by atoms with Crippen molar-refractivity contribution in [3.63, 3.8) is 0 Å². The van der Waals surface area contributed by atoms with Crippen LogP contribution in [0.25, 0.3) is 0 Å². The Morgan fingerprint density at radius 3 is 2.82 bits per heavy atom. The summed E-state index contributed by atoms with van der Waals surface area (Å²) in [5.74, 6) is -0.210. The van der Waals surface area contributed by atoms with Crippen LogP contribution in [0.1, 0.15) is 13.3 Å². The Bertz CT molecular complexity index is 159. The maximum absolute atomic E-state index is 11.1. The lowest BCUT2D eigenvalue weighted by Gasteiger charge is -2.16. The van der Waals surface area contributed by atoms with Crippen molar-refractivity contribution in [3.8, 4) is 0 Å². The van der Waals surface area contributed by atoms with Gasteiger partial charge in [-0.15, -0.1) is 0 Å². The fraction of sp³-hybridized carbons (Fsp3) is 0.857. The third-order valence-electron chi connectivity index (χ3n) is 1.89. The van der Waals surface area contributed by atoms with Gasteiger partial charge in [0.25, 0.3) is 5.91 Å². The van der Waals surface area contributed by atoms with Crippen molar-refractivity contribution >= 4 is 5.91 Å². The first-order valence-corrected chi connectivity index (χ1v) is 3.83. The molecule has 0 aliphatic carbocycles. The number of carbonyl (C=O) groups is 1. The molecule has 1 aliphatic heterocycles. The van der Waals surface area contributed by atoms with Crippen molar-refractivity contribution < 1.29 is 9.90 Å². The Hall–Kier alpha value is -0.610. The fourth-order valence-corrected chi connectivity index (χ4v) is 1.25. The van der Waals surface area contributed by atoms with Crippen LogP contribution in [0.15, 0.2) is 0 Å². The van der Waals surface area contributed by atoms with Gasteiger partial charge in [-0.1, -0.05) is 0 Å². The highest BCUT2D eigenvalue weighted by atomic mass is 16.3. The average molecular weight is 158 g/mol. The first kappa shape index (κ1) is 8.49. The molecule has 0 spiro atoms. The van der Waals surface area contributed by atoms with Crippen LogP contribution in [0, 0.1) is 0 Å². The molecule has 1 saturated heterocycles. The summed E-state index contributed by atoms with van der Waals surface area (Å²) in [6.45, 7) is 2.75. The molecule has 2 atom stereocenters. The molecule has 0 radical (unpaired) electrons. The van der Waals surface area contributed by atoms with Crippen molar-refractivity contribution in [3.05, 3.63) is 0 Å². The lowest BCUT2D eigenvalue weighted by molar-refractivity contribution is -0.138. The molecular formula is C7H14N2O2. The van der Waals surface area contributed by atoms with E-state index >= 15 is 0 Å². The summed E-state index contributed by atoms with van der Waals surface area (Å²) in [4.78, 5) is 12.7. The van der Waals surface area contributed by atoms with E-state index in [2.05, 4.69) is 0 Å². The molecule has 0 aromatic heterocycles. The van der Waals surface area contributed by atoms with E-state index in [1.54, 1.807) is 4.90 Å². The van der Waals surface area contributed by atoms with Crippen LogP contribution >= 0.6 is 0 Å². The van der Waals surface area contributed by atoms with Crippen molar-refractivity contribution in [2.45, 2.75) is 25.5 Å². The van der Waals surface area contributed by atoms with Crippen LogP contribution in [0.4, 0.5) is 0 Å². The zero-order valence-electron chi connectivity index (χ0n) is 6.66. The van der Waals surface area contributed by atoms with Gasteiger partial charge in [0.1, 0.15) is 6.10 Å². The molecule has 64 valence electrons. The molecule has 1 aliphatic rings. The second-order valence-electron chi connectivity index (χ2n) is 3.01. The first-order chi connectivity index (χ1) is 5.11. The van der Waals surface area contributed by atoms with Gasteiger partial charge in [-0.3, -0.25) is 4.79 Å². The van der Waals surface area contributed by atoms with Crippen molar-refractivity contribution in [2.24, 2.45) is 5.73 Å². The van der Waals surface area contributed by atoms with Crippen LogP contribution in [0.5, 0.6) is 0 Å². The summed E-state index contributed by atoms with van der Waals surface area (Å²) >= 11 is 0. The monoisotopic (exact) mass is 158 g/mol. The molecule has 0 aromatic rings. The third kappa shape index (κ3) is 1.91. The van der Waals surface area contributed by atoms with Crippen molar-refractivity contribution in [1.82, 2.24) is 4.90 Å². The van der Waals surface area contributed by atoms with Gasteiger partial charge in [0.05, 0.1) is 0 Å². The van der Waals surface area contributed by atoms with E-state index < -0.39 is 6.10 Å². The minimum Gasteiger partial charge on any atom is -0.384 e. The number of hydrogen-bond donors (Lipinski definition) is 2. The fourth-order valence-electron chi connectivity index (χ4n) is 1.25. The summed E-state index contributed by atoms with van der Waals surface area (Å²) in [6.07, 6.45) is -0.0429. The number of aliphatic hydroxyl groups excluding tert-OH is 1. The quantitative estimate of drug-likeness (QED) is 0.510. The molecule has 1 rings (SSSR count).